The Kier molecular flexibility index (Phi) is 2.76. The molecule has 14 heavy (non-hydrogen) atoms. The van der Waals surface area contributed by atoms with Gasteiger partial charge in [0.05, 0.1) is 0 Å². The molecule has 0 heterocycles. The van der Waals surface area contributed by atoms with Crippen molar-refractivity contribution >= 4 is 0 Å². The average Bonchev–Trinajstić information content (AvgIpc) is 2.01. The van der Waals surface area contributed by atoms with E-state index in [0.29, 0.717) is 5.57 Å². The summed E-state index contributed by atoms with van der Waals surface area (Å²) in [6, 6.07) is 0. The van der Waals surface area contributed by atoms with Gasteiger partial charge in [0.25, 0.3) is 0 Å². The van der Waals surface area contributed by atoms with Crippen molar-refractivity contribution in [3.05, 3.63) is 30.2 Å². The first-order valence-corrected chi connectivity index (χ1v) is 4.26. The lowest BCUT2D eigenvalue weighted by Crippen LogP contribution is -2.53. The van der Waals surface area contributed by atoms with Crippen LogP contribution in [0, 0.1) is 6.42 Å². The number of allylic oxidation sites excluding steroid dienone is 2. The van der Waals surface area contributed by atoms with Crippen LogP contribution in [0.4, 0.5) is 13.2 Å². The molecule has 1 aliphatic rings. The van der Waals surface area contributed by atoms with E-state index in [2.05, 4.69) is 0 Å². The van der Waals surface area contributed by atoms with E-state index in [-0.39, 0.29) is 0 Å². The average molecular weight is 204 g/mol. The number of nitrogens with zero attached hydrogens (tertiary/aromatic N) is 1. The fourth-order valence-electron chi connectivity index (χ4n) is 1.50. The number of hydrogen-bond donors (Lipinski definition) is 0. The standard InChI is InChI=1S/C10H13F3N/c1-8-5-4-6-9(7-8,14(2)3)10(11,12)13/h4-7H,1-3H3. The number of alkyl halides is 3. The maximum Gasteiger partial charge on any atom is 0.414 e. The maximum absolute atomic E-state index is 12.9. The van der Waals surface area contributed by atoms with E-state index < -0.39 is 11.7 Å². The van der Waals surface area contributed by atoms with Crippen LogP contribution in [0.3, 0.4) is 0 Å². The highest BCUT2D eigenvalue weighted by atomic mass is 19.4. The van der Waals surface area contributed by atoms with Gasteiger partial charge in [0.1, 0.15) is 0 Å². The highest BCUT2D eigenvalue weighted by Crippen LogP contribution is 2.39. The summed E-state index contributed by atoms with van der Waals surface area (Å²) >= 11 is 0. The van der Waals surface area contributed by atoms with Crippen LogP contribution in [0.15, 0.2) is 23.8 Å². The Bertz CT molecular complexity index is 276. The molecule has 0 bridgehead atoms. The van der Waals surface area contributed by atoms with Gasteiger partial charge in [0.15, 0.2) is 5.54 Å². The second-order valence-electron chi connectivity index (χ2n) is 3.63. The Balaban J connectivity index is 3.18. The minimum atomic E-state index is -4.29. The quantitative estimate of drug-likeness (QED) is 0.634. The molecule has 0 aromatic heterocycles. The van der Waals surface area contributed by atoms with Gasteiger partial charge < -0.3 is 0 Å². The normalized spacial score (nSPS) is 28.1. The van der Waals surface area contributed by atoms with Gasteiger partial charge in [-0.1, -0.05) is 23.8 Å². The van der Waals surface area contributed by atoms with Crippen molar-refractivity contribution in [2.75, 3.05) is 14.1 Å². The first kappa shape index (κ1) is 11.3. The molecule has 0 N–H and O–H groups in total. The highest BCUT2D eigenvalue weighted by Gasteiger charge is 2.53. The zero-order valence-corrected chi connectivity index (χ0v) is 8.39. The molecule has 1 aliphatic carbocycles. The topological polar surface area (TPSA) is 3.24 Å². The van der Waals surface area contributed by atoms with E-state index >= 15 is 0 Å². The number of rotatable bonds is 1. The number of hydrogen-bond acceptors (Lipinski definition) is 1. The molecule has 1 radical (unpaired) electrons. The van der Waals surface area contributed by atoms with Crippen molar-refractivity contribution in [1.29, 1.82) is 0 Å². The fraction of sp³-hybridized carbons (Fsp3) is 0.500. The molecule has 0 aliphatic heterocycles. The van der Waals surface area contributed by atoms with Crippen LogP contribution < -0.4 is 0 Å². The maximum atomic E-state index is 12.9. The van der Waals surface area contributed by atoms with Crippen LogP contribution >= 0.6 is 0 Å². The minimum absolute atomic E-state index is 0.624. The van der Waals surface area contributed by atoms with Crippen LogP contribution in [0.2, 0.25) is 0 Å². The predicted octanol–water partition coefficient (Wildman–Crippen LogP) is 2.57. The predicted molar refractivity (Wildman–Crippen MR) is 49.7 cm³/mol. The van der Waals surface area contributed by atoms with Crippen LogP contribution in [-0.2, 0) is 0 Å². The highest BCUT2D eigenvalue weighted by molar-refractivity contribution is 5.37. The Hall–Kier alpha value is -0.770. The molecule has 0 aromatic carbocycles. The van der Waals surface area contributed by atoms with Gasteiger partial charge in [-0.25, -0.2) is 0 Å². The van der Waals surface area contributed by atoms with E-state index in [4.69, 9.17) is 0 Å². The molecule has 0 aromatic rings. The molecular formula is C10H13F3N. The van der Waals surface area contributed by atoms with Crippen molar-refractivity contribution < 1.29 is 13.2 Å². The molecule has 1 atom stereocenters. The van der Waals surface area contributed by atoms with E-state index in [1.54, 1.807) is 13.3 Å². The molecule has 0 saturated heterocycles. The summed E-state index contributed by atoms with van der Waals surface area (Å²) in [5.74, 6) is 0. The monoisotopic (exact) mass is 204 g/mol. The van der Waals surface area contributed by atoms with E-state index in [9.17, 15) is 13.2 Å². The smallest absolute Gasteiger partial charge is 0.289 e. The van der Waals surface area contributed by atoms with Gasteiger partial charge in [-0.2, -0.15) is 13.2 Å². The van der Waals surface area contributed by atoms with Crippen molar-refractivity contribution in [3.63, 3.8) is 0 Å². The molecular weight excluding hydrogens is 191 g/mol. The van der Waals surface area contributed by atoms with Crippen LogP contribution in [-0.4, -0.2) is 30.7 Å². The zero-order valence-electron chi connectivity index (χ0n) is 8.39. The molecule has 4 heteroatoms. The summed E-state index contributed by atoms with van der Waals surface area (Å²) in [5, 5.41) is 0. The third-order valence-electron chi connectivity index (χ3n) is 2.35. The van der Waals surface area contributed by atoms with Crippen molar-refractivity contribution in [2.24, 2.45) is 0 Å². The first-order chi connectivity index (χ1) is 6.29. The zero-order chi connectivity index (χ0) is 11.0. The van der Waals surface area contributed by atoms with Crippen molar-refractivity contribution in [3.8, 4) is 0 Å². The second-order valence-corrected chi connectivity index (χ2v) is 3.63. The van der Waals surface area contributed by atoms with Crippen LogP contribution in [0.1, 0.15) is 6.92 Å². The number of likely N-dealkylation sites (N-methyl/N-ethyl adjacent to an activating group) is 1. The number of halogens is 3. The molecule has 0 fully saturated rings. The summed E-state index contributed by atoms with van der Waals surface area (Å²) in [5.41, 5.74) is -1.33. The van der Waals surface area contributed by atoms with Crippen molar-refractivity contribution in [2.45, 2.75) is 18.6 Å². The van der Waals surface area contributed by atoms with E-state index in [1.165, 1.54) is 37.2 Å². The summed E-state index contributed by atoms with van der Waals surface area (Å²) in [7, 11) is 2.85. The van der Waals surface area contributed by atoms with Gasteiger partial charge in [0, 0.05) is 6.42 Å². The van der Waals surface area contributed by atoms with E-state index in [0.717, 1.165) is 0 Å². The Morgan fingerprint density at radius 1 is 1.29 bits per heavy atom. The van der Waals surface area contributed by atoms with Gasteiger partial charge in [0.2, 0.25) is 0 Å². The Morgan fingerprint density at radius 3 is 2.14 bits per heavy atom. The van der Waals surface area contributed by atoms with Crippen LogP contribution in [0.25, 0.3) is 0 Å². The Morgan fingerprint density at radius 2 is 1.86 bits per heavy atom. The van der Waals surface area contributed by atoms with Crippen molar-refractivity contribution in [1.82, 2.24) is 4.90 Å². The lowest BCUT2D eigenvalue weighted by molar-refractivity contribution is -0.191. The van der Waals surface area contributed by atoms with Crippen LogP contribution in [0.5, 0.6) is 0 Å². The first-order valence-electron chi connectivity index (χ1n) is 4.26. The third-order valence-corrected chi connectivity index (χ3v) is 2.35. The summed E-state index contributed by atoms with van der Waals surface area (Å²) in [6.45, 7) is 1.66. The molecule has 0 amide bonds. The lowest BCUT2D eigenvalue weighted by atomic mass is 9.88. The van der Waals surface area contributed by atoms with Gasteiger partial charge >= 0.3 is 6.18 Å². The third kappa shape index (κ3) is 1.71. The molecule has 1 unspecified atom stereocenters. The Labute approximate surface area is 81.9 Å². The van der Waals surface area contributed by atoms with Gasteiger partial charge in [-0.05, 0) is 21.0 Å². The van der Waals surface area contributed by atoms with Gasteiger partial charge in [-0.3, -0.25) is 4.90 Å². The largest absolute Gasteiger partial charge is 0.414 e. The fourth-order valence-corrected chi connectivity index (χ4v) is 1.50. The molecule has 0 saturated carbocycles. The minimum Gasteiger partial charge on any atom is -0.289 e. The second kappa shape index (κ2) is 3.42. The molecule has 1 rings (SSSR count). The van der Waals surface area contributed by atoms with Gasteiger partial charge in [-0.15, -0.1) is 0 Å². The summed E-state index contributed by atoms with van der Waals surface area (Å²) < 4.78 is 38.6. The van der Waals surface area contributed by atoms with E-state index in [1.807, 2.05) is 0 Å². The molecule has 1 nitrogen and oxygen atoms in total. The summed E-state index contributed by atoms with van der Waals surface area (Å²) in [4.78, 5) is 1.17. The molecule has 0 spiro atoms. The SMILES string of the molecule is CC1=CC(N(C)C)(C(F)(F)F)C=C[CH]1. The summed E-state index contributed by atoms with van der Waals surface area (Å²) in [6.07, 6.45) is 1.21. The molecule has 79 valence electrons. The lowest BCUT2D eigenvalue weighted by Gasteiger charge is -2.38.